The first-order valence-corrected chi connectivity index (χ1v) is 10.1. The molecule has 30 heavy (non-hydrogen) atoms. The number of piperazine rings is 1. The molecule has 7 heteroatoms. The molecule has 1 saturated heterocycles. The van der Waals surface area contributed by atoms with Crippen LogP contribution in [0, 0.1) is 0 Å². The third-order valence-electron chi connectivity index (χ3n) is 5.70. The van der Waals surface area contributed by atoms with Crippen LogP contribution in [0.15, 0.2) is 54.7 Å². The number of aromatic nitrogens is 1. The Bertz CT molecular complexity index is 1000. The van der Waals surface area contributed by atoms with Crippen LogP contribution in [0.5, 0.6) is 0 Å². The molecule has 1 amide bonds. The van der Waals surface area contributed by atoms with Gasteiger partial charge in [0, 0.05) is 56.2 Å². The van der Waals surface area contributed by atoms with E-state index in [1.807, 2.05) is 29.3 Å². The quantitative estimate of drug-likeness (QED) is 0.668. The summed E-state index contributed by atoms with van der Waals surface area (Å²) in [6.07, 6.45) is -1.16. The van der Waals surface area contributed by atoms with Gasteiger partial charge in [0.1, 0.15) is 0 Å². The molecule has 4 nitrogen and oxygen atoms in total. The minimum Gasteiger partial charge on any atom is -0.361 e. The number of alkyl halides is 3. The zero-order chi connectivity index (χ0) is 21.1. The number of fused-ring (bicyclic) bond motifs is 1. The molecule has 4 rings (SSSR count). The minimum absolute atomic E-state index is 0.148. The lowest BCUT2D eigenvalue weighted by Gasteiger charge is -2.35. The van der Waals surface area contributed by atoms with Crippen molar-refractivity contribution < 1.29 is 18.0 Å². The third kappa shape index (κ3) is 4.67. The summed E-state index contributed by atoms with van der Waals surface area (Å²) in [5.41, 5.74) is 2.45. The number of hydrogen-bond donors (Lipinski definition) is 1. The van der Waals surface area contributed by atoms with E-state index in [1.165, 1.54) is 12.1 Å². The van der Waals surface area contributed by atoms with E-state index in [0.717, 1.165) is 47.3 Å². The standard InChI is InChI=1S/C23H24F3N3O/c24-23(25,26)19-8-5-17(6-9-19)16-28-11-13-29(14-12-28)22(30)10-7-18-15-27-21-4-2-1-3-20(18)21/h1-6,8-9,15,27H,7,10-14,16H2. The van der Waals surface area contributed by atoms with Crippen molar-refractivity contribution >= 4 is 16.8 Å². The highest BCUT2D eigenvalue weighted by Gasteiger charge is 2.30. The number of halogens is 3. The van der Waals surface area contributed by atoms with Crippen LogP contribution in [-0.4, -0.2) is 46.9 Å². The predicted octanol–water partition coefficient (Wildman–Crippen LogP) is 4.46. The number of para-hydroxylation sites is 1. The highest BCUT2D eigenvalue weighted by molar-refractivity contribution is 5.84. The monoisotopic (exact) mass is 415 g/mol. The lowest BCUT2D eigenvalue weighted by molar-refractivity contribution is -0.137. The molecule has 0 unspecified atom stereocenters. The molecular weight excluding hydrogens is 391 g/mol. The van der Waals surface area contributed by atoms with Gasteiger partial charge < -0.3 is 9.88 Å². The van der Waals surface area contributed by atoms with Crippen molar-refractivity contribution in [2.24, 2.45) is 0 Å². The Morgan fingerprint density at radius 3 is 2.37 bits per heavy atom. The van der Waals surface area contributed by atoms with Crippen molar-refractivity contribution in [3.63, 3.8) is 0 Å². The number of amides is 1. The van der Waals surface area contributed by atoms with Gasteiger partial charge in [0.25, 0.3) is 0 Å². The van der Waals surface area contributed by atoms with Crippen molar-refractivity contribution in [3.8, 4) is 0 Å². The number of rotatable bonds is 5. The summed E-state index contributed by atoms with van der Waals surface area (Å²) in [6.45, 7) is 3.33. The molecule has 158 valence electrons. The van der Waals surface area contributed by atoms with E-state index in [9.17, 15) is 18.0 Å². The van der Waals surface area contributed by atoms with Gasteiger partial charge in [0.15, 0.2) is 0 Å². The zero-order valence-electron chi connectivity index (χ0n) is 16.6. The number of benzene rings is 2. The van der Waals surface area contributed by atoms with Gasteiger partial charge in [-0.25, -0.2) is 0 Å². The molecule has 1 N–H and O–H groups in total. The molecule has 1 aliphatic heterocycles. The Balaban J connectivity index is 1.25. The lowest BCUT2D eigenvalue weighted by Crippen LogP contribution is -2.48. The number of H-pyrrole nitrogens is 1. The first-order valence-electron chi connectivity index (χ1n) is 10.1. The van der Waals surface area contributed by atoms with Crippen LogP contribution >= 0.6 is 0 Å². The molecule has 0 saturated carbocycles. The predicted molar refractivity (Wildman–Crippen MR) is 110 cm³/mol. The number of hydrogen-bond acceptors (Lipinski definition) is 2. The maximum absolute atomic E-state index is 12.7. The second kappa shape index (κ2) is 8.52. The fourth-order valence-electron chi connectivity index (χ4n) is 3.95. The van der Waals surface area contributed by atoms with Crippen LogP contribution in [0.4, 0.5) is 13.2 Å². The van der Waals surface area contributed by atoms with Crippen molar-refractivity contribution in [2.45, 2.75) is 25.6 Å². The lowest BCUT2D eigenvalue weighted by atomic mass is 10.1. The average molecular weight is 415 g/mol. The van der Waals surface area contributed by atoms with E-state index in [4.69, 9.17) is 0 Å². The molecule has 0 bridgehead atoms. The molecule has 2 heterocycles. The summed E-state index contributed by atoms with van der Waals surface area (Å²) < 4.78 is 38.0. The first-order chi connectivity index (χ1) is 14.4. The van der Waals surface area contributed by atoms with Gasteiger partial charge in [-0.1, -0.05) is 30.3 Å². The molecule has 0 atom stereocenters. The maximum atomic E-state index is 12.7. The van der Waals surface area contributed by atoms with Gasteiger partial charge >= 0.3 is 6.18 Å². The third-order valence-corrected chi connectivity index (χ3v) is 5.70. The minimum atomic E-state index is -4.31. The normalized spacial score (nSPS) is 15.6. The van der Waals surface area contributed by atoms with Crippen LogP contribution in [0.25, 0.3) is 10.9 Å². The first kappa shape index (κ1) is 20.5. The van der Waals surface area contributed by atoms with E-state index >= 15 is 0 Å². The second-order valence-corrected chi connectivity index (χ2v) is 7.71. The number of aryl methyl sites for hydroxylation is 1. The highest BCUT2D eigenvalue weighted by Crippen LogP contribution is 2.29. The fourth-order valence-corrected chi connectivity index (χ4v) is 3.95. The Morgan fingerprint density at radius 1 is 0.967 bits per heavy atom. The van der Waals surface area contributed by atoms with Gasteiger partial charge in [-0.15, -0.1) is 0 Å². The molecule has 0 spiro atoms. The van der Waals surface area contributed by atoms with Crippen molar-refractivity contribution in [1.82, 2.24) is 14.8 Å². The fraction of sp³-hybridized carbons (Fsp3) is 0.348. The zero-order valence-corrected chi connectivity index (χ0v) is 16.6. The number of nitrogens with one attached hydrogen (secondary N) is 1. The summed E-state index contributed by atoms with van der Waals surface area (Å²) in [6, 6.07) is 13.4. The van der Waals surface area contributed by atoms with E-state index < -0.39 is 11.7 Å². The van der Waals surface area contributed by atoms with Gasteiger partial charge in [-0.2, -0.15) is 13.2 Å². The largest absolute Gasteiger partial charge is 0.416 e. The summed E-state index contributed by atoms with van der Waals surface area (Å²) in [4.78, 5) is 19.9. The summed E-state index contributed by atoms with van der Waals surface area (Å²) in [5, 5.41) is 1.16. The summed E-state index contributed by atoms with van der Waals surface area (Å²) >= 11 is 0. The molecular formula is C23H24F3N3O. The molecule has 1 aromatic heterocycles. The number of aromatic amines is 1. The van der Waals surface area contributed by atoms with Gasteiger partial charge in [0.2, 0.25) is 5.91 Å². The van der Waals surface area contributed by atoms with E-state index in [0.29, 0.717) is 32.5 Å². The second-order valence-electron chi connectivity index (χ2n) is 7.71. The van der Waals surface area contributed by atoms with E-state index in [-0.39, 0.29) is 5.91 Å². The van der Waals surface area contributed by atoms with E-state index in [1.54, 1.807) is 0 Å². The van der Waals surface area contributed by atoms with Crippen molar-refractivity contribution in [3.05, 3.63) is 71.4 Å². The number of carbonyl (C=O) groups excluding carboxylic acids is 1. The van der Waals surface area contributed by atoms with Crippen LogP contribution in [0.2, 0.25) is 0 Å². The topological polar surface area (TPSA) is 39.3 Å². The van der Waals surface area contributed by atoms with Crippen molar-refractivity contribution in [2.75, 3.05) is 26.2 Å². The van der Waals surface area contributed by atoms with Crippen LogP contribution in [-0.2, 0) is 23.9 Å². The van der Waals surface area contributed by atoms with Gasteiger partial charge in [0.05, 0.1) is 5.56 Å². The number of carbonyl (C=O) groups is 1. The molecule has 0 radical (unpaired) electrons. The average Bonchev–Trinajstić information content (AvgIpc) is 3.15. The Hall–Kier alpha value is -2.80. The molecule has 1 fully saturated rings. The smallest absolute Gasteiger partial charge is 0.361 e. The highest BCUT2D eigenvalue weighted by atomic mass is 19.4. The Labute approximate surface area is 173 Å². The van der Waals surface area contributed by atoms with Crippen LogP contribution < -0.4 is 0 Å². The molecule has 2 aromatic carbocycles. The van der Waals surface area contributed by atoms with Crippen molar-refractivity contribution in [1.29, 1.82) is 0 Å². The maximum Gasteiger partial charge on any atom is 0.416 e. The number of nitrogens with zero attached hydrogens (tertiary/aromatic N) is 2. The SMILES string of the molecule is O=C(CCc1c[nH]c2ccccc12)N1CCN(Cc2ccc(C(F)(F)F)cc2)CC1. The van der Waals surface area contributed by atoms with Gasteiger partial charge in [-0.3, -0.25) is 9.69 Å². The summed E-state index contributed by atoms with van der Waals surface area (Å²) in [7, 11) is 0. The Kier molecular flexibility index (Phi) is 5.81. The van der Waals surface area contributed by atoms with E-state index in [2.05, 4.69) is 16.0 Å². The van der Waals surface area contributed by atoms with Crippen LogP contribution in [0.1, 0.15) is 23.1 Å². The van der Waals surface area contributed by atoms with Crippen LogP contribution in [0.3, 0.4) is 0 Å². The molecule has 0 aliphatic carbocycles. The summed E-state index contributed by atoms with van der Waals surface area (Å²) in [5.74, 6) is 0.148. The molecule has 1 aliphatic rings. The van der Waals surface area contributed by atoms with Gasteiger partial charge in [-0.05, 0) is 35.7 Å². The Morgan fingerprint density at radius 2 is 1.67 bits per heavy atom. The molecule has 3 aromatic rings.